The number of aliphatic hydroxyl groups excluding tert-OH is 1. The minimum Gasteiger partial charge on any atom is -0.392 e. The molecule has 0 radical (unpaired) electrons. The average Bonchev–Trinajstić information content (AvgIpc) is 2.62. The molecule has 1 atom stereocenters. The highest BCUT2D eigenvalue weighted by Gasteiger charge is 2.28. The van der Waals surface area contributed by atoms with Crippen LogP contribution in [-0.2, 0) is 17.8 Å². The van der Waals surface area contributed by atoms with Crippen molar-refractivity contribution < 1.29 is 14.3 Å². The summed E-state index contributed by atoms with van der Waals surface area (Å²) in [6, 6.07) is 14.0. The molecule has 3 nitrogen and oxygen atoms in total. The summed E-state index contributed by atoms with van der Waals surface area (Å²) in [5.74, 6) is -0.189. The van der Waals surface area contributed by atoms with Gasteiger partial charge >= 0.3 is 0 Å². The number of carbonyl (C=O) groups is 1. The minimum absolute atomic E-state index is 0.00198. The molecule has 24 heavy (non-hydrogen) atoms. The van der Waals surface area contributed by atoms with Gasteiger partial charge in [0.25, 0.3) is 0 Å². The first-order chi connectivity index (χ1) is 11.7. The summed E-state index contributed by atoms with van der Waals surface area (Å²) in [4.78, 5) is 14.7. The number of rotatable bonds is 4. The van der Waals surface area contributed by atoms with Crippen molar-refractivity contribution >= 4 is 5.91 Å². The fourth-order valence-corrected chi connectivity index (χ4v) is 3.33. The molecule has 4 heteroatoms. The summed E-state index contributed by atoms with van der Waals surface area (Å²) in [7, 11) is 0. The zero-order valence-corrected chi connectivity index (χ0v) is 13.6. The van der Waals surface area contributed by atoms with Gasteiger partial charge in [-0.05, 0) is 48.1 Å². The first-order valence-corrected chi connectivity index (χ1v) is 8.41. The first-order valence-electron chi connectivity index (χ1n) is 8.41. The van der Waals surface area contributed by atoms with E-state index in [4.69, 9.17) is 5.11 Å². The van der Waals surface area contributed by atoms with E-state index < -0.39 is 0 Å². The van der Waals surface area contributed by atoms with Crippen LogP contribution in [-0.4, -0.2) is 22.5 Å². The van der Waals surface area contributed by atoms with E-state index in [0.717, 1.165) is 42.5 Å². The number of piperidine rings is 1. The van der Waals surface area contributed by atoms with Crippen molar-refractivity contribution in [1.29, 1.82) is 0 Å². The van der Waals surface area contributed by atoms with Crippen LogP contribution in [0.5, 0.6) is 0 Å². The van der Waals surface area contributed by atoms with Gasteiger partial charge in [-0.3, -0.25) is 4.79 Å². The van der Waals surface area contributed by atoms with Crippen LogP contribution < -0.4 is 0 Å². The molecular weight excluding hydrogens is 305 g/mol. The van der Waals surface area contributed by atoms with E-state index in [1.54, 1.807) is 6.07 Å². The van der Waals surface area contributed by atoms with Gasteiger partial charge in [-0.15, -0.1) is 0 Å². The van der Waals surface area contributed by atoms with Crippen molar-refractivity contribution in [3.63, 3.8) is 0 Å². The maximum atomic E-state index is 13.5. The lowest BCUT2D eigenvalue weighted by molar-refractivity contribution is -0.134. The molecule has 0 bridgehead atoms. The number of hydrogen-bond donors (Lipinski definition) is 1. The second kappa shape index (κ2) is 7.58. The second-order valence-corrected chi connectivity index (χ2v) is 6.31. The lowest BCUT2D eigenvalue weighted by Crippen LogP contribution is -2.39. The van der Waals surface area contributed by atoms with Gasteiger partial charge in [0.2, 0.25) is 5.91 Å². The van der Waals surface area contributed by atoms with Crippen molar-refractivity contribution in [2.75, 3.05) is 6.54 Å². The second-order valence-electron chi connectivity index (χ2n) is 6.31. The number of benzene rings is 2. The number of hydrogen-bond acceptors (Lipinski definition) is 2. The molecule has 1 aliphatic rings. The molecule has 1 fully saturated rings. The van der Waals surface area contributed by atoms with E-state index in [2.05, 4.69) is 0 Å². The number of likely N-dealkylation sites (tertiary alicyclic amines) is 1. The number of aliphatic hydroxyl groups is 1. The summed E-state index contributed by atoms with van der Waals surface area (Å²) >= 11 is 0. The highest BCUT2D eigenvalue weighted by atomic mass is 19.1. The molecule has 0 spiro atoms. The van der Waals surface area contributed by atoms with Crippen LogP contribution in [0.1, 0.15) is 42.0 Å². The lowest BCUT2D eigenvalue weighted by atomic mass is 9.94. The van der Waals surface area contributed by atoms with Crippen molar-refractivity contribution in [3.05, 3.63) is 71.0 Å². The first kappa shape index (κ1) is 16.7. The van der Waals surface area contributed by atoms with Crippen molar-refractivity contribution in [2.24, 2.45) is 0 Å². The third-order valence-corrected chi connectivity index (χ3v) is 4.62. The Kier molecular flexibility index (Phi) is 5.26. The van der Waals surface area contributed by atoms with Crippen LogP contribution >= 0.6 is 0 Å². The van der Waals surface area contributed by atoms with Gasteiger partial charge < -0.3 is 10.0 Å². The largest absolute Gasteiger partial charge is 0.392 e. The monoisotopic (exact) mass is 327 g/mol. The Hall–Kier alpha value is -2.20. The molecule has 1 saturated heterocycles. The van der Waals surface area contributed by atoms with Crippen LogP contribution in [0.3, 0.4) is 0 Å². The molecule has 0 aliphatic carbocycles. The third-order valence-electron chi connectivity index (χ3n) is 4.62. The Morgan fingerprint density at radius 3 is 2.58 bits per heavy atom. The highest BCUT2D eigenvalue weighted by Crippen LogP contribution is 2.31. The van der Waals surface area contributed by atoms with Crippen molar-refractivity contribution in [2.45, 2.75) is 38.3 Å². The van der Waals surface area contributed by atoms with Gasteiger partial charge in [0.1, 0.15) is 5.82 Å². The normalized spacial score (nSPS) is 17.8. The topological polar surface area (TPSA) is 40.5 Å². The summed E-state index contributed by atoms with van der Waals surface area (Å²) < 4.78 is 13.5. The van der Waals surface area contributed by atoms with E-state index in [0.29, 0.717) is 6.42 Å². The van der Waals surface area contributed by atoms with Gasteiger partial charge in [-0.25, -0.2) is 4.39 Å². The molecule has 1 N–H and O–H groups in total. The van der Waals surface area contributed by atoms with Crippen molar-refractivity contribution in [1.82, 2.24) is 4.90 Å². The Morgan fingerprint density at radius 1 is 1.12 bits per heavy atom. The highest BCUT2D eigenvalue weighted by molar-refractivity contribution is 5.79. The van der Waals surface area contributed by atoms with Gasteiger partial charge in [0, 0.05) is 6.54 Å². The number of halogens is 1. The van der Waals surface area contributed by atoms with Crippen LogP contribution in [0.25, 0.3) is 0 Å². The minimum atomic E-state index is -0.259. The lowest BCUT2D eigenvalue weighted by Gasteiger charge is -2.36. The van der Waals surface area contributed by atoms with Gasteiger partial charge in [-0.2, -0.15) is 0 Å². The maximum Gasteiger partial charge on any atom is 0.227 e. The number of carbonyl (C=O) groups excluding carboxylic acids is 1. The Morgan fingerprint density at radius 2 is 1.88 bits per heavy atom. The van der Waals surface area contributed by atoms with Gasteiger partial charge in [-0.1, -0.05) is 36.4 Å². The molecule has 126 valence electrons. The Labute approximate surface area is 141 Å². The average molecular weight is 327 g/mol. The van der Waals surface area contributed by atoms with Crippen LogP contribution in [0.2, 0.25) is 0 Å². The molecule has 0 unspecified atom stereocenters. The number of amides is 1. The van der Waals surface area contributed by atoms with E-state index in [1.807, 2.05) is 35.2 Å². The fraction of sp³-hybridized carbons (Fsp3) is 0.350. The Balaban J connectivity index is 1.75. The smallest absolute Gasteiger partial charge is 0.227 e. The standard InChI is InChI=1S/C20H22FNO2/c21-18-5-3-4-17(13-18)19-6-1-2-11-22(19)20(24)12-15-7-9-16(14-23)10-8-15/h3-5,7-10,13,19,23H,1-2,6,11-12,14H2/t19-/m1/s1. The van der Waals surface area contributed by atoms with E-state index >= 15 is 0 Å². The van der Waals surface area contributed by atoms with Crippen molar-refractivity contribution in [3.8, 4) is 0 Å². The van der Waals surface area contributed by atoms with E-state index in [9.17, 15) is 9.18 Å². The summed E-state index contributed by atoms with van der Waals surface area (Å²) in [5.41, 5.74) is 2.64. The predicted octanol–water partition coefficient (Wildman–Crippen LogP) is 3.61. The SMILES string of the molecule is O=C(Cc1ccc(CO)cc1)N1CCCC[C@@H]1c1cccc(F)c1. The molecular formula is C20H22FNO2. The quantitative estimate of drug-likeness (QED) is 0.932. The zero-order chi connectivity index (χ0) is 16.9. The molecule has 2 aromatic carbocycles. The Bertz CT molecular complexity index is 699. The fourth-order valence-electron chi connectivity index (χ4n) is 3.33. The molecule has 1 heterocycles. The predicted molar refractivity (Wildman–Crippen MR) is 90.8 cm³/mol. The summed E-state index contributed by atoms with van der Waals surface area (Å²) in [5, 5.41) is 9.09. The molecule has 0 saturated carbocycles. The molecule has 1 amide bonds. The molecule has 0 aromatic heterocycles. The number of nitrogens with zero attached hydrogens (tertiary/aromatic N) is 1. The van der Waals surface area contributed by atoms with Crippen LogP contribution in [0.4, 0.5) is 4.39 Å². The van der Waals surface area contributed by atoms with Crippen LogP contribution in [0, 0.1) is 5.82 Å². The van der Waals surface area contributed by atoms with E-state index in [1.165, 1.54) is 12.1 Å². The van der Waals surface area contributed by atoms with Crippen LogP contribution in [0.15, 0.2) is 48.5 Å². The van der Waals surface area contributed by atoms with Gasteiger partial charge in [0.15, 0.2) is 0 Å². The zero-order valence-electron chi connectivity index (χ0n) is 13.6. The summed E-state index contributed by atoms with van der Waals surface area (Å²) in [6.07, 6.45) is 3.24. The maximum absolute atomic E-state index is 13.5. The summed E-state index contributed by atoms with van der Waals surface area (Å²) in [6.45, 7) is 0.719. The van der Waals surface area contributed by atoms with Gasteiger partial charge in [0.05, 0.1) is 19.1 Å². The third kappa shape index (κ3) is 3.82. The molecule has 2 aromatic rings. The molecule has 3 rings (SSSR count). The van der Waals surface area contributed by atoms with E-state index in [-0.39, 0.29) is 24.4 Å². The molecule has 1 aliphatic heterocycles.